The summed E-state index contributed by atoms with van der Waals surface area (Å²) in [5.41, 5.74) is 0.0724. The highest BCUT2D eigenvalue weighted by Crippen LogP contribution is 2.60. The van der Waals surface area contributed by atoms with Crippen LogP contribution in [0, 0.1) is 17.8 Å². The van der Waals surface area contributed by atoms with Crippen LogP contribution < -0.4 is 0 Å². The minimum absolute atomic E-state index is 0.0117. The van der Waals surface area contributed by atoms with E-state index in [9.17, 15) is 4.79 Å². The molecule has 0 radical (unpaired) electrons. The Bertz CT molecular complexity index is 502. The van der Waals surface area contributed by atoms with Gasteiger partial charge in [-0.05, 0) is 63.2 Å². The zero-order valence-corrected chi connectivity index (χ0v) is 11.8. The van der Waals surface area contributed by atoms with Crippen molar-refractivity contribution in [2.45, 2.75) is 50.9 Å². The average Bonchev–Trinajstić information content (AvgIpc) is 2.87. The normalized spacial score (nSPS) is 38.1. The van der Waals surface area contributed by atoms with E-state index in [1.54, 1.807) is 6.92 Å². The van der Waals surface area contributed by atoms with Crippen molar-refractivity contribution in [3.63, 3.8) is 0 Å². The first-order valence-electron chi connectivity index (χ1n) is 7.70. The van der Waals surface area contributed by atoms with E-state index in [2.05, 4.69) is 10.1 Å². The van der Waals surface area contributed by atoms with Crippen LogP contribution in [0.15, 0.2) is 4.52 Å². The second kappa shape index (κ2) is 4.30. The number of hydrogen-bond donors (Lipinski definition) is 0. The molecule has 4 bridgehead atoms. The molecule has 1 aromatic rings. The maximum atomic E-state index is 11.7. The molecule has 0 unspecified atom stereocenters. The van der Waals surface area contributed by atoms with Crippen molar-refractivity contribution in [2.75, 3.05) is 6.61 Å². The molecule has 5 nitrogen and oxygen atoms in total. The minimum Gasteiger partial charge on any atom is -0.459 e. The van der Waals surface area contributed by atoms with Crippen LogP contribution in [0.4, 0.5) is 0 Å². The van der Waals surface area contributed by atoms with Gasteiger partial charge < -0.3 is 9.26 Å². The van der Waals surface area contributed by atoms with Crippen molar-refractivity contribution < 1.29 is 14.1 Å². The van der Waals surface area contributed by atoms with E-state index in [0.717, 1.165) is 23.6 Å². The molecular formula is C15H20N2O3. The standard InChI is InChI=1S/C15H20N2O3/c1-2-19-13(18)12-16-14(17-20-12)15-6-9-3-10(7-15)5-11(4-9)8-15/h9-11H,2-8H2,1H3. The summed E-state index contributed by atoms with van der Waals surface area (Å²) in [7, 11) is 0. The maximum Gasteiger partial charge on any atom is 0.397 e. The number of esters is 1. The Hall–Kier alpha value is -1.39. The van der Waals surface area contributed by atoms with Crippen LogP contribution in [0.3, 0.4) is 0 Å². The highest BCUT2D eigenvalue weighted by molar-refractivity contribution is 5.84. The molecule has 0 aliphatic heterocycles. The Morgan fingerprint density at radius 3 is 2.40 bits per heavy atom. The zero-order valence-electron chi connectivity index (χ0n) is 11.8. The van der Waals surface area contributed by atoms with Crippen molar-refractivity contribution >= 4 is 5.97 Å². The van der Waals surface area contributed by atoms with E-state index in [1.807, 2.05) is 0 Å². The summed E-state index contributed by atoms with van der Waals surface area (Å²) in [6.07, 6.45) is 7.63. The third kappa shape index (κ3) is 1.79. The fraction of sp³-hybridized carbons (Fsp3) is 0.800. The van der Waals surface area contributed by atoms with Gasteiger partial charge in [-0.25, -0.2) is 4.79 Å². The van der Waals surface area contributed by atoms with Crippen molar-refractivity contribution in [3.05, 3.63) is 11.7 Å². The Labute approximate surface area is 118 Å². The van der Waals surface area contributed by atoms with Gasteiger partial charge in [-0.15, -0.1) is 0 Å². The molecule has 0 atom stereocenters. The summed E-state index contributed by atoms with van der Waals surface area (Å²) < 4.78 is 10.1. The van der Waals surface area contributed by atoms with Crippen LogP contribution >= 0.6 is 0 Å². The lowest BCUT2D eigenvalue weighted by Gasteiger charge is -2.55. The number of ether oxygens (including phenoxy) is 1. The first-order chi connectivity index (χ1) is 9.68. The zero-order chi connectivity index (χ0) is 13.7. The Kier molecular flexibility index (Phi) is 2.66. The van der Waals surface area contributed by atoms with Gasteiger partial charge in [0.05, 0.1) is 6.61 Å². The lowest BCUT2D eigenvalue weighted by Crippen LogP contribution is -2.49. The van der Waals surface area contributed by atoms with Crippen LogP contribution in [0.1, 0.15) is 62.0 Å². The predicted molar refractivity (Wildman–Crippen MR) is 70.1 cm³/mol. The Morgan fingerprint density at radius 1 is 1.25 bits per heavy atom. The van der Waals surface area contributed by atoms with E-state index in [0.29, 0.717) is 6.61 Å². The lowest BCUT2D eigenvalue weighted by atomic mass is 9.49. The summed E-state index contributed by atoms with van der Waals surface area (Å²) in [6, 6.07) is 0. The first-order valence-corrected chi connectivity index (χ1v) is 7.70. The molecule has 0 aromatic carbocycles. The summed E-state index contributed by atoms with van der Waals surface area (Å²) in [5.74, 6) is 2.73. The predicted octanol–water partition coefficient (Wildman–Crippen LogP) is 2.71. The van der Waals surface area contributed by atoms with Crippen LogP contribution in [0.2, 0.25) is 0 Å². The number of rotatable bonds is 3. The lowest BCUT2D eigenvalue weighted by molar-refractivity contribution is -0.0103. The molecule has 0 N–H and O–H groups in total. The van der Waals surface area contributed by atoms with Crippen molar-refractivity contribution in [2.24, 2.45) is 17.8 Å². The third-order valence-electron chi connectivity index (χ3n) is 5.39. The molecule has 0 saturated heterocycles. The van der Waals surface area contributed by atoms with Crippen molar-refractivity contribution in [1.29, 1.82) is 0 Å². The van der Waals surface area contributed by atoms with Gasteiger partial charge in [0.1, 0.15) is 0 Å². The number of aromatic nitrogens is 2. The smallest absolute Gasteiger partial charge is 0.397 e. The SMILES string of the molecule is CCOC(=O)c1nc(C23CC4CC(CC(C4)C2)C3)no1. The molecule has 0 amide bonds. The monoisotopic (exact) mass is 276 g/mol. The second-order valence-electron chi connectivity index (χ2n) is 6.84. The van der Waals surface area contributed by atoms with Crippen LogP contribution in [0.25, 0.3) is 0 Å². The van der Waals surface area contributed by atoms with Gasteiger partial charge in [0.25, 0.3) is 0 Å². The van der Waals surface area contributed by atoms with Crippen LogP contribution in [-0.2, 0) is 10.2 Å². The second-order valence-corrected chi connectivity index (χ2v) is 6.84. The fourth-order valence-corrected chi connectivity index (χ4v) is 5.10. The first kappa shape index (κ1) is 12.4. The molecule has 108 valence electrons. The molecule has 4 aliphatic carbocycles. The van der Waals surface area contributed by atoms with Crippen LogP contribution in [0.5, 0.6) is 0 Å². The molecule has 20 heavy (non-hydrogen) atoms. The summed E-state index contributed by atoms with van der Waals surface area (Å²) in [6.45, 7) is 2.10. The molecule has 4 aliphatic rings. The molecular weight excluding hydrogens is 256 g/mol. The van der Waals surface area contributed by atoms with E-state index < -0.39 is 5.97 Å². The minimum atomic E-state index is -0.504. The molecule has 1 aromatic heterocycles. The number of carbonyl (C=O) groups excluding carboxylic acids is 1. The third-order valence-corrected chi connectivity index (χ3v) is 5.39. The number of carbonyl (C=O) groups is 1. The molecule has 0 spiro atoms. The van der Waals surface area contributed by atoms with Gasteiger partial charge in [0, 0.05) is 5.41 Å². The van der Waals surface area contributed by atoms with Crippen LogP contribution in [-0.4, -0.2) is 22.7 Å². The van der Waals surface area contributed by atoms with Crippen molar-refractivity contribution in [3.8, 4) is 0 Å². The van der Waals surface area contributed by atoms with Gasteiger partial charge in [0.15, 0.2) is 5.82 Å². The quantitative estimate of drug-likeness (QED) is 0.794. The van der Waals surface area contributed by atoms with E-state index in [4.69, 9.17) is 9.26 Å². The average molecular weight is 276 g/mol. The van der Waals surface area contributed by atoms with Gasteiger partial charge in [0.2, 0.25) is 0 Å². The summed E-state index contributed by atoms with van der Waals surface area (Å²) in [4.78, 5) is 16.0. The molecule has 5 rings (SSSR count). The van der Waals surface area contributed by atoms with Gasteiger partial charge in [-0.3, -0.25) is 0 Å². The molecule has 1 heterocycles. The largest absolute Gasteiger partial charge is 0.459 e. The fourth-order valence-electron chi connectivity index (χ4n) is 5.10. The highest BCUT2D eigenvalue weighted by Gasteiger charge is 2.54. The molecule has 5 heteroatoms. The van der Waals surface area contributed by atoms with Crippen molar-refractivity contribution in [1.82, 2.24) is 10.1 Å². The Balaban J connectivity index is 1.62. The summed E-state index contributed by atoms with van der Waals surface area (Å²) in [5, 5.41) is 4.12. The Morgan fingerprint density at radius 2 is 1.85 bits per heavy atom. The highest BCUT2D eigenvalue weighted by atomic mass is 16.6. The van der Waals surface area contributed by atoms with Gasteiger partial charge in [-0.2, -0.15) is 4.98 Å². The topological polar surface area (TPSA) is 65.2 Å². The molecule has 4 fully saturated rings. The van der Waals surface area contributed by atoms with Gasteiger partial charge in [-0.1, -0.05) is 5.16 Å². The van der Waals surface area contributed by atoms with Gasteiger partial charge >= 0.3 is 11.9 Å². The van der Waals surface area contributed by atoms with E-state index in [1.165, 1.54) is 38.5 Å². The van der Waals surface area contributed by atoms with E-state index in [-0.39, 0.29) is 11.3 Å². The maximum absolute atomic E-state index is 11.7. The molecule has 4 saturated carbocycles. The number of nitrogens with zero attached hydrogens (tertiary/aromatic N) is 2. The van der Waals surface area contributed by atoms with E-state index >= 15 is 0 Å². The summed E-state index contributed by atoms with van der Waals surface area (Å²) >= 11 is 0. The number of hydrogen-bond acceptors (Lipinski definition) is 5.